The fourth-order valence-electron chi connectivity index (χ4n) is 1.98. The van der Waals surface area contributed by atoms with E-state index in [0.717, 1.165) is 24.8 Å². The first kappa shape index (κ1) is 9.79. The second-order valence-corrected chi connectivity index (χ2v) is 4.14. The Morgan fingerprint density at radius 2 is 2.17 bits per heavy atom. The van der Waals surface area contributed by atoms with Crippen LogP contribution in [0.4, 0.5) is 0 Å². The van der Waals surface area contributed by atoms with Crippen molar-refractivity contribution in [2.45, 2.75) is 39.5 Å². The fraction of sp³-hybridized carbons (Fsp3) is 0.818. The maximum atomic E-state index is 5.48. The monoisotopic (exact) mass is 167 g/mol. The van der Waals surface area contributed by atoms with Gasteiger partial charge >= 0.3 is 0 Å². The second kappa shape index (κ2) is 4.66. The summed E-state index contributed by atoms with van der Waals surface area (Å²) in [5, 5.41) is 0. The Hall–Kier alpha value is -0.300. The van der Waals surface area contributed by atoms with E-state index in [1.807, 2.05) is 0 Å². The SMILES string of the molecule is CC1CCC(C)/C(=C/CCN)C1. The van der Waals surface area contributed by atoms with E-state index >= 15 is 0 Å². The summed E-state index contributed by atoms with van der Waals surface area (Å²) in [6.45, 7) is 5.49. The molecule has 1 saturated carbocycles. The summed E-state index contributed by atoms with van der Waals surface area (Å²) < 4.78 is 0. The van der Waals surface area contributed by atoms with Crippen LogP contribution in [0.2, 0.25) is 0 Å². The molecular weight excluding hydrogens is 146 g/mol. The predicted octanol–water partition coefficient (Wildman–Crippen LogP) is 2.72. The van der Waals surface area contributed by atoms with Crippen molar-refractivity contribution in [3.63, 3.8) is 0 Å². The van der Waals surface area contributed by atoms with Gasteiger partial charge in [-0.05, 0) is 44.1 Å². The Morgan fingerprint density at radius 3 is 2.83 bits per heavy atom. The zero-order chi connectivity index (χ0) is 8.97. The Balaban J connectivity index is 2.48. The summed E-state index contributed by atoms with van der Waals surface area (Å²) in [5.41, 5.74) is 7.13. The van der Waals surface area contributed by atoms with E-state index < -0.39 is 0 Å². The first-order valence-electron chi connectivity index (χ1n) is 5.13. The summed E-state index contributed by atoms with van der Waals surface area (Å²) in [7, 11) is 0. The Morgan fingerprint density at radius 1 is 1.42 bits per heavy atom. The Bertz CT molecular complexity index is 160. The quantitative estimate of drug-likeness (QED) is 0.629. The Labute approximate surface area is 76.0 Å². The molecule has 2 unspecified atom stereocenters. The molecule has 1 fully saturated rings. The summed E-state index contributed by atoms with van der Waals surface area (Å²) in [6, 6.07) is 0. The van der Waals surface area contributed by atoms with Gasteiger partial charge in [-0.15, -0.1) is 0 Å². The lowest BCUT2D eigenvalue weighted by Crippen LogP contribution is -2.13. The minimum Gasteiger partial charge on any atom is -0.330 e. The van der Waals surface area contributed by atoms with Gasteiger partial charge in [0.15, 0.2) is 0 Å². The summed E-state index contributed by atoms with van der Waals surface area (Å²) in [6.07, 6.45) is 7.51. The molecule has 12 heavy (non-hydrogen) atoms. The molecule has 1 rings (SSSR count). The number of allylic oxidation sites excluding steroid dienone is 1. The maximum absolute atomic E-state index is 5.48. The zero-order valence-corrected chi connectivity index (χ0v) is 8.34. The number of hydrogen-bond donors (Lipinski definition) is 1. The molecule has 1 aliphatic carbocycles. The van der Waals surface area contributed by atoms with Crippen LogP contribution in [0.25, 0.3) is 0 Å². The molecule has 0 aromatic heterocycles. The van der Waals surface area contributed by atoms with Crippen LogP contribution < -0.4 is 5.73 Å². The molecule has 0 bridgehead atoms. The number of nitrogens with two attached hydrogens (primary N) is 1. The minimum absolute atomic E-state index is 0.796. The molecule has 1 aliphatic rings. The highest BCUT2D eigenvalue weighted by atomic mass is 14.5. The van der Waals surface area contributed by atoms with Crippen molar-refractivity contribution < 1.29 is 0 Å². The smallest absolute Gasteiger partial charge is 0.00425 e. The topological polar surface area (TPSA) is 26.0 Å². The molecule has 1 heteroatoms. The average molecular weight is 167 g/mol. The third-order valence-corrected chi connectivity index (χ3v) is 2.88. The molecule has 0 spiro atoms. The van der Waals surface area contributed by atoms with Gasteiger partial charge in [0.1, 0.15) is 0 Å². The van der Waals surface area contributed by atoms with Gasteiger partial charge in [0, 0.05) is 0 Å². The third-order valence-electron chi connectivity index (χ3n) is 2.88. The van der Waals surface area contributed by atoms with E-state index in [4.69, 9.17) is 5.73 Å². The summed E-state index contributed by atoms with van der Waals surface area (Å²) in [4.78, 5) is 0. The zero-order valence-electron chi connectivity index (χ0n) is 8.34. The van der Waals surface area contributed by atoms with Crippen molar-refractivity contribution in [3.8, 4) is 0 Å². The molecular formula is C11H21N. The molecule has 0 heterocycles. The van der Waals surface area contributed by atoms with Gasteiger partial charge in [-0.25, -0.2) is 0 Å². The molecule has 2 atom stereocenters. The second-order valence-electron chi connectivity index (χ2n) is 4.14. The molecule has 0 aliphatic heterocycles. The van der Waals surface area contributed by atoms with Crippen LogP contribution in [-0.4, -0.2) is 6.54 Å². The van der Waals surface area contributed by atoms with Gasteiger partial charge in [0.05, 0.1) is 0 Å². The molecule has 70 valence electrons. The fourth-order valence-corrected chi connectivity index (χ4v) is 1.98. The van der Waals surface area contributed by atoms with Crippen molar-refractivity contribution in [1.29, 1.82) is 0 Å². The third kappa shape index (κ3) is 2.63. The molecule has 0 radical (unpaired) electrons. The van der Waals surface area contributed by atoms with Gasteiger partial charge in [0.25, 0.3) is 0 Å². The van der Waals surface area contributed by atoms with E-state index in [1.165, 1.54) is 19.3 Å². The van der Waals surface area contributed by atoms with Crippen molar-refractivity contribution in [1.82, 2.24) is 0 Å². The van der Waals surface area contributed by atoms with Gasteiger partial charge < -0.3 is 5.73 Å². The highest BCUT2D eigenvalue weighted by molar-refractivity contribution is 5.09. The van der Waals surface area contributed by atoms with Crippen molar-refractivity contribution in [2.75, 3.05) is 6.54 Å². The first-order valence-corrected chi connectivity index (χ1v) is 5.13. The van der Waals surface area contributed by atoms with Crippen molar-refractivity contribution >= 4 is 0 Å². The van der Waals surface area contributed by atoms with E-state index in [9.17, 15) is 0 Å². The molecule has 0 aromatic carbocycles. The van der Waals surface area contributed by atoms with Crippen LogP contribution in [-0.2, 0) is 0 Å². The lowest BCUT2D eigenvalue weighted by molar-refractivity contribution is 0.385. The lowest BCUT2D eigenvalue weighted by atomic mass is 9.79. The maximum Gasteiger partial charge on any atom is -0.00425 e. The highest BCUT2D eigenvalue weighted by Gasteiger charge is 2.18. The minimum atomic E-state index is 0.796. The van der Waals surface area contributed by atoms with E-state index in [2.05, 4.69) is 19.9 Å². The predicted molar refractivity (Wildman–Crippen MR) is 53.9 cm³/mol. The van der Waals surface area contributed by atoms with Crippen LogP contribution in [0, 0.1) is 11.8 Å². The highest BCUT2D eigenvalue weighted by Crippen LogP contribution is 2.32. The largest absolute Gasteiger partial charge is 0.330 e. The average Bonchev–Trinajstić information content (AvgIpc) is 2.07. The van der Waals surface area contributed by atoms with Gasteiger partial charge in [-0.1, -0.05) is 25.5 Å². The molecule has 1 nitrogen and oxygen atoms in total. The van der Waals surface area contributed by atoms with Crippen LogP contribution in [0.5, 0.6) is 0 Å². The van der Waals surface area contributed by atoms with E-state index in [-0.39, 0.29) is 0 Å². The van der Waals surface area contributed by atoms with Crippen LogP contribution in [0.1, 0.15) is 39.5 Å². The first-order chi connectivity index (χ1) is 5.74. The molecule has 0 saturated heterocycles. The van der Waals surface area contributed by atoms with Gasteiger partial charge in [0.2, 0.25) is 0 Å². The summed E-state index contributed by atoms with van der Waals surface area (Å²) in [5.74, 6) is 1.71. The lowest BCUT2D eigenvalue weighted by Gasteiger charge is -2.26. The van der Waals surface area contributed by atoms with Crippen LogP contribution >= 0.6 is 0 Å². The number of rotatable bonds is 2. The molecule has 0 amide bonds. The van der Waals surface area contributed by atoms with Crippen molar-refractivity contribution in [2.24, 2.45) is 17.6 Å². The Kier molecular flexibility index (Phi) is 3.80. The molecule has 2 N–H and O–H groups in total. The standard InChI is InChI=1S/C11H21N/c1-9-5-6-10(2)11(8-9)4-3-7-12/h4,9-10H,3,5-8,12H2,1-2H3/b11-4+. The van der Waals surface area contributed by atoms with Gasteiger partial charge in [-0.2, -0.15) is 0 Å². The molecule has 0 aromatic rings. The summed E-state index contributed by atoms with van der Waals surface area (Å²) >= 11 is 0. The van der Waals surface area contributed by atoms with Crippen LogP contribution in [0.15, 0.2) is 11.6 Å². The van der Waals surface area contributed by atoms with Crippen LogP contribution in [0.3, 0.4) is 0 Å². The van der Waals surface area contributed by atoms with E-state index in [1.54, 1.807) is 5.57 Å². The number of hydrogen-bond acceptors (Lipinski definition) is 1. The van der Waals surface area contributed by atoms with Crippen molar-refractivity contribution in [3.05, 3.63) is 11.6 Å². The van der Waals surface area contributed by atoms with E-state index in [0.29, 0.717) is 0 Å². The van der Waals surface area contributed by atoms with Gasteiger partial charge in [-0.3, -0.25) is 0 Å². The normalized spacial score (nSPS) is 34.1.